The molecule has 1 aromatic carbocycles. The molecular weight excluding hydrogens is 252 g/mol. The van der Waals surface area contributed by atoms with Crippen LogP contribution in [0.4, 0.5) is 5.69 Å². The summed E-state index contributed by atoms with van der Waals surface area (Å²) >= 11 is 0. The van der Waals surface area contributed by atoms with Crippen LogP contribution in [0.3, 0.4) is 0 Å². The second kappa shape index (κ2) is 7.10. The molecule has 0 atom stereocenters. The highest BCUT2D eigenvalue weighted by atomic mass is 16.6. The second-order valence-electron chi connectivity index (χ2n) is 3.75. The van der Waals surface area contributed by atoms with Crippen molar-refractivity contribution in [3.05, 3.63) is 34.4 Å². The monoisotopic (exact) mass is 266 g/mol. The molecule has 0 bridgehead atoms. The zero-order valence-corrected chi connectivity index (χ0v) is 10.4. The van der Waals surface area contributed by atoms with Crippen molar-refractivity contribution >= 4 is 17.6 Å². The Hall–Kier alpha value is -2.44. The molecule has 0 aliphatic rings. The third-order valence-electron chi connectivity index (χ3n) is 2.19. The first-order valence-corrected chi connectivity index (χ1v) is 5.74. The van der Waals surface area contributed by atoms with E-state index in [2.05, 4.69) is 5.32 Å². The number of nitro benzene ring substituents is 1. The van der Waals surface area contributed by atoms with Crippen molar-refractivity contribution in [2.45, 2.75) is 19.8 Å². The van der Waals surface area contributed by atoms with Gasteiger partial charge in [-0.3, -0.25) is 14.9 Å². The van der Waals surface area contributed by atoms with Gasteiger partial charge < -0.3 is 10.1 Å². The lowest BCUT2D eigenvalue weighted by molar-refractivity contribution is -0.384. The van der Waals surface area contributed by atoms with E-state index in [1.165, 1.54) is 24.3 Å². The predicted molar refractivity (Wildman–Crippen MR) is 66.6 cm³/mol. The van der Waals surface area contributed by atoms with Gasteiger partial charge in [0.15, 0.2) is 0 Å². The summed E-state index contributed by atoms with van der Waals surface area (Å²) in [7, 11) is 0. The van der Waals surface area contributed by atoms with Crippen LogP contribution >= 0.6 is 0 Å². The lowest BCUT2D eigenvalue weighted by atomic mass is 10.3. The minimum Gasteiger partial charge on any atom is -0.425 e. The number of esters is 1. The number of carbonyl (C=O) groups excluding carboxylic acids is 2. The van der Waals surface area contributed by atoms with E-state index in [1.807, 2.05) is 6.92 Å². The molecule has 102 valence electrons. The molecule has 7 heteroatoms. The summed E-state index contributed by atoms with van der Waals surface area (Å²) in [4.78, 5) is 32.4. The third-order valence-corrected chi connectivity index (χ3v) is 2.19. The number of nitrogens with one attached hydrogen (secondary N) is 1. The summed E-state index contributed by atoms with van der Waals surface area (Å²) in [6.45, 7) is 1.63. The molecule has 0 fully saturated rings. The smallest absolute Gasteiger partial charge is 0.330 e. The van der Waals surface area contributed by atoms with E-state index >= 15 is 0 Å². The fourth-order valence-corrected chi connectivity index (χ4v) is 1.29. The molecule has 0 aromatic heterocycles. The highest BCUT2D eigenvalue weighted by molar-refractivity contribution is 5.82. The topological polar surface area (TPSA) is 98.5 Å². The maximum atomic E-state index is 11.4. The number of non-ortho nitro benzene ring substituents is 1. The van der Waals surface area contributed by atoms with E-state index in [0.29, 0.717) is 12.8 Å². The van der Waals surface area contributed by atoms with Crippen LogP contribution in [0, 0.1) is 10.1 Å². The van der Waals surface area contributed by atoms with Crippen LogP contribution < -0.4 is 10.1 Å². The first-order valence-electron chi connectivity index (χ1n) is 5.74. The van der Waals surface area contributed by atoms with Crippen molar-refractivity contribution in [3.63, 3.8) is 0 Å². The Labute approximate surface area is 109 Å². The molecule has 1 N–H and O–H groups in total. The number of hydrogen-bond donors (Lipinski definition) is 1. The van der Waals surface area contributed by atoms with Crippen LogP contribution in [-0.4, -0.2) is 23.3 Å². The average molecular weight is 266 g/mol. The van der Waals surface area contributed by atoms with E-state index in [4.69, 9.17) is 4.74 Å². The second-order valence-corrected chi connectivity index (χ2v) is 3.75. The summed E-state index contributed by atoms with van der Waals surface area (Å²) in [6.07, 6.45) is 1.05. The van der Waals surface area contributed by atoms with Gasteiger partial charge in [-0.15, -0.1) is 0 Å². The van der Waals surface area contributed by atoms with E-state index < -0.39 is 10.9 Å². The zero-order chi connectivity index (χ0) is 14.3. The van der Waals surface area contributed by atoms with E-state index in [1.54, 1.807) is 0 Å². The Morgan fingerprint density at radius 2 is 1.95 bits per heavy atom. The van der Waals surface area contributed by atoms with Gasteiger partial charge in [-0.2, -0.15) is 0 Å². The quantitative estimate of drug-likeness (QED) is 0.363. The number of nitro groups is 1. The molecule has 0 radical (unpaired) electrons. The third kappa shape index (κ3) is 5.15. The van der Waals surface area contributed by atoms with Gasteiger partial charge >= 0.3 is 5.97 Å². The van der Waals surface area contributed by atoms with Gasteiger partial charge in [-0.25, -0.2) is 4.79 Å². The van der Waals surface area contributed by atoms with Gasteiger partial charge in [-0.1, -0.05) is 6.92 Å². The highest BCUT2D eigenvalue weighted by Gasteiger charge is 2.09. The van der Waals surface area contributed by atoms with Crippen LogP contribution in [0.5, 0.6) is 5.75 Å². The fourth-order valence-electron chi connectivity index (χ4n) is 1.29. The van der Waals surface area contributed by atoms with E-state index in [0.717, 1.165) is 0 Å². The Kier molecular flexibility index (Phi) is 5.46. The Bertz CT molecular complexity index is 470. The summed E-state index contributed by atoms with van der Waals surface area (Å²) < 4.78 is 4.90. The average Bonchev–Trinajstić information content (AvgIpc) is 2.37. The predicted octanol–water partition coefficient (Wildman–Crippen LogP) is 1.42. The molecule has 19 heavy (non-hydrogen) atoms. The molecule has 0 saturated carbocycles. The van der Waals surface area contributed by atoms with Crippen molar-refractivity contribution in [3.8, 4) is 5.75 Å². The van der Waals surface area contributed by atoms with Gasteiger partial charge in [0.2, 0.25) is 5.91 Å². The first-order chi connectivity index (χ1) is 9.02. The van der Waals surface area contributed by atoms with Crippen molar-refractivity contribution in [1.82, 2.24) is 5.32 Å². The molecule has 0 heterocycles. The van der Waals surface area contributed by atoms with Gasteiger partial charge in [-0.05, 0) is 18.6 Å². The molecule has 0 saturated heterocycles. The maximum Gasteiger partial charge on any atom is 0.330 e. The largest absolute Gasteiger partial charge is 0.425 e. The molecule has 7 nitrogen and oxygen atoms in total. The van der Waals surface area contributed by atoms with Gasteiger partial charge in [0.05, 0.1) is 4.92 Å². The molecular formula is C12H14N2O5. The van der Waals surface area contributed by atoms with Crippen molar-refractivity contribution in [2.24, 2.45) is 0 Å². The van der Waals surface area contributed by atoms with Crippen LogP contribution in [0.1, 0.15) is 19.8 Å². The molecule has 1 rings (SSSR count). The number of rotatable bonds is 6. The van der Waals surface area contributed by atoms with Crippen LogP contribution in [-0.2, 0) is 9.59 Å². The summed E-state index contributed by atoms with van der Waals surface area (Å²) in [6, 6.07) is 5.12. The van der Waals surface area contributed by atoms with Gasteiger partial charge in [0.1, 0.15) is 12.3 Å². The molecule has 1 amide bonds. The van der Waals surface area contributed by atoms with Crippen LogP contribution in [0.15, 0.2) is 24.3 Å². The lowest BCUT2D eigenvalue weighted by Crippen LogP contribution is -2.31. The Morgan fingerprint density at radius 1 is 1.32 bits per heavy atom. The molecule has 0 aliphatic carbocycles. The molecule has 1 aromatic rings. The standard InChI is InChI=1S/C12H14N2O5/c1-2-3-11(15)13-8-12(16)19-10-6-4-9(5-7-10)14(17)18/h4-7H,2-3,8H2,1H3,(H,13,15). The highest BCUT2D eigenvalue weighted by Crippen LogP contribution is 2.17. The normalized spacial score (nSPS) is 9.74. The summed E-state index contributed by atoms with van der Waals surface area (Å²) in [5.74, 6) is -0.651. The van der Waals surface area contributed by atoms with Gasteiger partial charge in [0.25, 0.3) is 5.69 Å². The van der Waals surface area contributed by atoms with Crippen molar-refractivity contribution in [1.29, 1.82) is 0 Å². The maximum absolute atomic E-state index is 11.4. The minimum absolute atomic E-state index is 0.0870. The molecule has 0 spiro atoms. The Morgan fingerprint density at radius 3 is 2.47 bits per heavy atom. The summed E-state index contributed by atoms with van der Waals surface area (Å²) in [5, 5.41) is 12.8. The molecule has 0 unspecified atom stereocenters. The van der Waals surface area contributed by atoms with Crippen LogP contribution in [0.2, 0.25) is 0 Å². The fraction of sp³-hybridized carbons (Fsp3) is 0.333. The number of ether oxygens (including phenoxy) is 1. The number of amides is 1. The minimum atomic E-state index is -0.627. The lowest BCUT2D eigenvalue weighted by Gasteiger charge is -2.05. The van der Waals surface area contributed by atoms with E-state index in [-0.39, 0.29) is 23.9 Å². The van der Waals surface area contributed by atoms with E-state index in [9.17, 15) is 19.7 Å². The SMILES string of the molecule is CCCC(=O)NCC(=O)Oc1ccc([N+](=O)[O-])cc1. The number of carbonyl (C=O) groups is 2. The number of hydrogen-bond acceptors (Lipinski definition) is 5. The van der Waals surface area contributed by atoms with Gasteiger partial charge in [0, 0.05) is 18.6 Å². The van der Waals surface area contributed by atoms with Crippen molar-refractivity contribution < 1.29 is 19.2 Å². The Balaban J connectivity index is 2.44. The molecule has 0 aliphatic heterocycles. The van der Waals surface area contributed by atoms with Crippen molar-refractivity contribution in [2.75, 3.05) is 6.54 Å². The first kappa shape index (κ1) is 14.6. The summed E-state index contributed by atoms with van der Waals surface area (Å²) in [5.41, 5.74) is -0.0870. The number of benzene rings is 1. The number of nitrogens with zero attached hydrogens (tertiary/aromatic N) is 1. The van der Waals surface area contributed by atoms with Crippen LogP contribution in [0.25, 0.3) is 0 Å². The zero-order valence-electron chi connectivity index (χ0n) is 10.4.